The standard InChI is InChI=1S/C19H28N2O4/c1-19(2)24-16-14(11-21(3)4)10-15(17(16)25-19)20-18(22)23-12-13-8-6-5-7-9-13/h5-9,14-17H,10-12H2,1-4H3,(H,20,22)/t14-,15-,16-,17+/m1/s1. The fourth-order valence-corrected chi connectivity index (χ4v) is 3.79. The van der Waals surface area contributed by atoms with Crippen molar-refractivity contribution in [3.05, 3.63) is 35.9 Å². The molecule has 4 atom stereocenters. The van der Waals surface area contributed by atoms with E-state index < -0.39 is 11.9 Å². The molecule has 1 heterocycles. The third-order valence-corrected chi connectivity index (χ3v) is 4.70. The van der Waals surface area contributed by atoms with Crippen molar-refractivity contribution in [1.82, 2.24) is 10.2 Å². The third kappa shape index (κ3) is 4.51. The Labute approximate surface area is 149 Å². The van der Waals surface area contributed by atoms with E-state index in [1.807, 2.05) is 58.3 Å². The predicted octanol–water partition coefficient (Wildman–Crippen LogP) is 2.38. The molecule has 1 N–H and O–H groups in total. The van der Waals surface area contributed by atoms with Gasteiger partial charge in [-0.3, -0.25) is 0 Å². The summed E-state index contributed by atoms with van der Waals surface area (Å²) in [5, 5.41) is 2.98. The number of carbonyl (C=O) groups is 1. The van der Waals surface area contributed by atoms with Gasteiger partial charge in [0.1, 0.15) is 12.7 Å². The minimum Gasteiger partial charge on any atom is -0.445 e. The van der Waals surface area contributed by atoms with E-state index in [1.165, 1.54) is 0 Å². The first-order chi connectivity index (χ1) is 11.8. The number of benzene rings is 1. The smallest absolute Gasteiger partial charge is 0.407 e. The molecular weight excluding hydrogens is 320 g/mol. The van der Waals surface area contributed by atoms with Crippen LogP contribution in [-0.2, 0) is 20.8 Å². The van der Waals surface area contributed by atoms with Crippen LogP contribution in [0, 0.1) is 5.92 Å². The molecule has 6 nitrogen and oxygen atoms in total. The lowest BCUT2D eigenvalue weighted by molar-refractivity contribution is -0.159. The van der Waals surface area contributed by atoms with Crippen LogP contribution in [0.4, 0.5) is 4.79 Å². The number of ether oxygens (including phenoxy) is 3. The molecule has 1 aliphatic heterocycles. The van der Waals surface area contributed by atoms with Crippen LogP contribution in [0.5, 0.6) is 0 Å². The molecule has 0 unspecified atom stereocenters. The summed E-state index contributed by atoms with van der Waals surface area (Å²) in [5.41, 5.74) is 0.967. The van der Waals surface area contributed by atoms with E-state index in [9.17, 15) is 4.79 Å². The molecule has 1 saturated carbocycles. The van der Waals surface area contributed by atoms with Crippen LogP contribution in [-0.4, -0.2) is 55.7 Å². The number of alkyl carbamates (subject to hydrolysis) is 1. The van der Waals surface area contributed by atoms with Crippen LogP contribution in [0.2, 0.25) is 0 Å². The van der Waals surface area contributed by atoms with Gasteiger partial charge in [0.2, 0.25) is 0 Å². The highest BCUT2D eigenvalue weighted by Crippen LogP contribution is 2.41. The molecule has 3 rings (SSSR count). The minimum atomic E-state index is -0.617. The zero-order valence-corrected chi connectivity index (χ0v) is 15.4. The van der Waals surface area contributed by atoms with E-state index in [4.69, 9.17) is 14.2 Å². The molecule has 2 fully saturated rings. The molecule has 1 aromatic rings. The molecule has 25 heavy (non-hydrogen) atoms. The van der Waals surface area contributed by atoms with Gasteiger partial charge < -0.3 is 24.4 Å². The van der Waals surface area contributed by atoms with Gasteiger partial charge in [0, 0.05) is 12.5 Å². The number of hydrogen-bond donors (Lipinski definition) is 1. The van der Waals surface area contributed by atoms with Crippen LogP contribution in [0.25, 0.3) is 0 Å². The van der Waals surface area contributed by atoms with Crippen molar-refractivity contribution in [1.29, 1.82) is 0 Å². The Morgan fingerprint density at radius 2 is 1.92 bits per heavy atom. The highest BCUT2D eigenvalue weighted by Gasteiger charge is 2.54. The molecule has 0 radical (unpaired) electrons. The molecule has 1 amide bonds. The van der Waals surface area contributed by atoms with Crippen molar-refractivity contribution in [3.8, 4) is 0 Å². The molecule has 138 valence electrons. The van der Waals surface area contributed by atoms with Crippen LogP contribution in [0.3, 0.4) is 0 Å². The summed E-state index contributed by atoms with van der Waals surface area (Å²) in [7, 11) is 4.09. The quantitative estimate of drug-likeness (QED) is 0.885. The maximum absolute atomic E-state index is 12.2. The van der Waals surface area contributed by atoms with Gasteiger partial charge in [0.25, 0.3) is 0 Å². The van der Waals surface area contributed by atoms with Crippen LogP contribution in [0.15, 0.2) is 30.3 Å². The van der Waals surface area contributed by atoms with Crippen LogP contribution < -0.4 is 5.32 Å². The summed E-state index contributed by atoms with van der Waals surface area (Å²) in [6.45, 7) is 5.00. The van der Waals surface area contributed by atoms with E-state index in [0.717, 1.165) is 18.5 Å². The Bertz CT molecular complexity index is 590. The van der Waals surface area contributed by atoms with E-state index in [0.29, 0.717) is 5.92 Å². The zero-order chi connectivity index (χ0) is 18.0. The SMILES string of the molecule is CN(C)C[C@H]1C[C@@H](NC(=O)OCc2ccccc2)[C@@H]2OC(C)(C)O[C@H]12. The molecule has 1 aliphatic carbocycles. The molecule has 0 aromatic heterocycles. The fraction of sp³-hybridized carbons (Fsp3) is 0.632. The van der Waals surface area contributed by atoms with Gasteiger partial charge in [0.15, 0.2) is 5.79 Å². The first-order valence-electron chi connectivity index (χ1n) is 8.81. The third-order valence-electron chi connectivity index (χ3n) is 4.70. The summed E-state index contributed by atoms with van der Waals surface area (Å²) in [5.74, 6) is -0.296. The number of amides is 1. The first-order valence-corrected chi connectivity index (χ1v) is 8.81. The van der Waals surface area contributed by atoms with Crippen molar-refractivity contribution in [3.63, 3.8) is 0 Å². The molecular formula is C19H28N2O4. The lowest BCUT2D eigenvalue weighted by Gasteiger charge is -2.25. The molecule has 2 aliphatic rings. The van der Waals surface area contributed by atoms with Crippen molar-refractivity contribution >= 4 is 6.09 Å². The van der Waals surface area contributed by atoms with Gasteiger partial charge in [-0.25, -0.2) is 4.79 Å². The predicted molar refractivity (Wildman–Crippen MR) is 94.0 cm³/mol. The van der Waals surface area contributed by atoms with Gasteiger partial charge in [-0.2, -0.15) is 0 Å². The van der Waals surface area contributed by atoms with Gasteiger partial charge >= 0.3 is 6.09 Å². The largest absolute Gasteiger partial charge is 0.445 e. The average molecular weight is 348 g/mol. The lowest BCUT2D eigenvalue weighted by atomic mass is 10.1. The van der Waals surface area contributed by atoms with Crippen LogP contribution >= 0.6 is 0 Å². The second-order valence-corrected chi connectivity index (χ2v) is 7.64. The second kappa shape index (κ2) is 7.32. The number of nitrogens with zero attached hydrogens (tertiary/aromatic N) is 1. The molecule has 6 heteroatoms. The number of carbonyl (C=O) groups excluding carboxylic acids is 1. The highest BCUT2D eigenvalue weighted by molar-refractivity contribution is 5.67. The van der Waals surface area contributed by atoms with Gasteiger partial charge in [-0.05, 0) is 39.9 Å². The Balaban J connectivity index is 1.58. The van der Waals surface area contributed by atoms with Crippen molar-refractivity contribution in [2.24, 2.45) is 5.92 Å². The van der Waals surface area contributed by atoms with E-state index in [1.54, 1.807) is 0 Å². The molecule has 1 aromatic carbocycles. The Morgan fingerprint density at radius 1 is 1.24 bits per heavy atom. The monoisotopic (exact) mass is 348 g/mol. The van der Waals surface area contributed by atoms with Gasteiger partial charge in [0.05, 0.1) is 12.1 Å². The highest BCUT2D eigenvalue weighted by atomic mass is 16.8. The lowest BCUT2D eigenvalue weighted by Crippen LogP contribution is -2.43. The summed E-state index contributed by atoms with van der Waals surface area (Å²) in [6.07, 6.45) is 0.275. The first kappa shape index (κ1) is 18.2. The molecule has 0 spiro atoms. The summed E-state index contributed by atoms with van der Waals surface area (Å²) in [4.78, 5) is 14.4. The summed E-state index contributed by atoms with van der Waals surface area (Å²) >= 11 is 0. The average Bonchev–Trinajstić information content (AvgIpc) is 3.01. The number of rotatable bonds is 5. The second-order valence-electron chi connectivity index (χ2n) is 7.64. The van der Waals surface area contributed by atoms with Crippen molar-refractivity contribution in [2.75, 3.05) is 20.6 Å². The molecule has 1 saturated heterocycles. The minimum absolute atomic E-state index is 0.00294. The maximum atomic E-state index is 12.2. The van der Waals surface area contributed by atoms with Crippen LogP contribution in [0.1, 0.15) is 25.8 Å². The molecule has 0 bridgehead atoms. The normalized spacial score (nSPS) is 30.3. The summed E-state index contributed by atoms with van der Waals surface area (Å²) < 4.78 is 17.5. The number of nitrogens with one attached hydrogen (secondary N) is 1. The van der Waals surface area contributed by atoms with E-state index >= 15 is 0 Å². The number of hydrogen-bond acceptors (Lipinski definition) is 5. The fourth-order valence-electron chi connectivity index (χ4n) is 3.79. The number of fused-ring (bicyclic) bond motifs is 1. The van der Waals surface area contributed by atoms with Gasteiger partial charge in [-0.1, -0.05) is 30.3 Å². The zero-order valence-electron chi connectivity index (χ0n) is 15.4. The van der Waals surface area contributed by atoms with Crippen molar-refractivity contribution < 1.29 is 19.0 Å². The Kier molecular flexibility index (Phi) is 5.32. The Morgan fingerprint density at radius 3 is 2.60 bits per heavy atom. The van der Waals surface area contributed by atoms with Crippen molar-refractivity contribution in [2.45, 2.75) is 50.9 Å². The van der Waals surface area contributed by atoms with Gasteiger partial charge in [-0.15, -0.1) is 0 Å². The maximum Gasteiger partial charge on any atom is 0.407 e. The Hall–Kier alpha value is -1.63. The summed E-state index contributed by atoms with van der Waals surface area (Å²) in [6, 6.07) is 9.56. The van der Waals surface area contributed by atoms with E-state index in [-0.39, 0.29) is 24.9 Å². The topological polar surface area (TPSA) is 60.0 Å². The van der Waals surface area contributed by atoms with E-state index in [2.05, 4.69) is 10.2 Å².